The Balaban J connectivity index is -0.0000000389. The van der Waals surface area contributed by atoms with Crippen molar-refractivity contribution in [1.82, 2.24) is 0 Å². The van der Waals surface area contributed by atoms with Crippen molar-refractivity contribution in [3.8, 4) is 0 Å². The SMILES string of the molecule is CCO.O=[PH](O)O.O=[PH](O)O.[NaH]. The van der Waals surface area contributed by atoms with Gasteiger partial charge in [0.15, 0.2) is 0 Å². The van der Waals surface area contributed by atoms with Crippen molar-refractivity contribution < 1.29 is 33.8 Å². The Morgan fingerprint density at radius 2 is 1.00 bits per heavy atom. The molecule has 0 fully saturated rings. The minimum atomic E-state index is -3.13. The van der Waals surface area contributed by atoms with Crippen LogP contribution in [0, 0.1) is 0 Å². The van der Waals surface area contributed by atoms with E-state index < -0.39 is 16.5 Å². The molecule has 0 radical (unpaired) electrons. The van der Waals surface area contributed by atoms with Crippen LogP contribution in [-0.2, 0) is 9.13 Å². The minimum absolute atomic E-state index is 0. The van der Waals surface area contributed by atoms with Crippen molar-refractivity contribution in [3.63, 3.8) is 0 Å². The molecule has 5 N–H and O–H groups in total. The van der Waals surface area contributed by atoms with E-state index in [9.17, 15) is 0 Å². The zero-order valence-electron chi connectivity index (χ0n) is 5.76. The summed E-state index contributed by atoms with van der Waals surface area (Å²) in [5.74, 6) is 0. The second kappa shape index (κ2) is 22.8. The predicted molar refractivity (Wildman–Crippen MR) is 46.8 cm³/mol. The molecule has 0 bridgehead atoms. The summed E-state index contributed by atoms with van der Waals surface area (Å²) in [5.41, 5.74) is 0. The van der Waals surface area contributed by atoms with Gasteiger partial charge in [-0.1, -0.05) is 0 Å². The molecular formula is C2H13NaO7P2. The molecule has 0 saturated heterocycles. The first-order valence-electron chi connectivity index (χ1n) is 2.33. The predicted octanol–water partition coefficient (Wildman–Crippen LogP) is -1.93. The third-order valence-corrected chi connectivity index (χ3v) is 0. The first-order chi connectivity index (χ1) is 4.88. The molecule has 0 aliphatic heterocycles. The van der Waals surface area contributed by atoms with Crippen LogP contribution in [0.3, 0.4) is 0 Å². The van der Waals surface area contributed by atoms with Crippen molar-refractivity contribution in [2.45, 2.75) is 6.92 Å². The van der Waals surface area contributed by atoms with E-state index in [1.54, 1.807) is 6.92 Å². The molecule has 0 aliphatic rings. The maximum absolute atomic E-state index is 8.74. The molecule has 0 aromatic rings. The Labute approximate surface area is 93.3 Å². The van der Waals surface area contributed by atoms with Crippen LogP contribution in [0.1, 0.15) is 6.92 Å². The first kappa shape index (κ1) is 23.2. The molecule has 0 rings (SSSR count). The number of aliphatic hydroxyl groups is 1. The van der Waals surface area contributed by atoms with Gasteiger partial charge < -0.3 is 24.7 Å². The van der Waals surface area contributed by atoms with Gasteiger partial charge in [0, 0.05) is 6.61 Å². The summed E-state index contributed by atoms with van der Waals surface area (Å²) in [6, 6.07) is 0. The Hall–Kier alpha value is 1.26. The summed E-state index contributed by atoms with van der Waals surface area (Å²) in [5, 5.41) is 7.57. The quantitative estimate of drug-likeness (QED) is 0.243. The fraction of sp³-hybridized carbons (Fsp3) is 1.00. The van der Waals surface area contributed by atoms with Crippen molar-refractivity contribution >= 4 is 46.1 Å². The fourth-order valence-electron chi connectivity index (χ4n) is 0. The average Bonchev–Trinajstić information content (AvgIpc) is 1.60. The zero-order valence-corrected chi connectivity index (χ0v) is 7.76. The third kappa shape index (κ3) is 747. The van der Waals surface area contributed by atoms with Gasteiger partial charge in [0.2, 0.25) is 0 Å². The monoisotopic (exact) mass is 234 g/mol. The summed E-state index contributed by atoms with van der Waals surface area (Å²) < 4.78 is 17.5. The van der Waals surface area contributed by atoms with Gasteiger partial charge in [0.1, 0.15) is 0 Å². The fourth-order valence-corrected chi connectivity index (χ4v) is 0. The van der Waals surface area contributed by atoms with Gasteiger partial charge in [-0.3, -0.25) is 9.13 Å². The van der Waals surface area contributed by atoms with Crippen LogP contribution in [0.15, 0.2) is 0 Å². The Bertz CT molecular complexity index is 87.6. The van der Waals surface area contributed by atoms with E-state index in [1.165, 1.54) is 0 Å². The van der Waals surface area contributed by atoms with Crippen LogP contribution < -0.4 is 0 Å². The van der Waals surface area contributed by atoms with Crippen LogP contribution in [0.25, 0.3) is 0 Å². The Kier molecular flexibility index (Phi) is 44.1. The molecule has 0 saturated carbocycles. The van der Waals surface area contributed by atoms with E-state index in [-0.39, 0.29) is 36.2 Å². The molecule has 12 heavy (non-hydrogen) atoms. The number of aliphatic hydroxyl groups excluding tert-OH is 1. The molecule has 0 amide bonds. The molecule has 0 aromatic carbocycles. The van der Waals surface area contributed by atoms with Crippen molar-refractivity contribution in [1.29, 1.82) is 0 Å². The van der Waals surface area contributed by atoms with E-state index in [2.05, 4.69) is 0 Å². The van der Waals surface area contributed by atoms with Gasteiger partial charge >= 0.3 is 46.1 Å². The van der Waals surface area contributed by atoms with E-state index in [0.717, 1.165) is 0 Å². The van der Waals surface area contributed by atoms with E-state index >= 15 is 0 Å². The first-order valence-corrected chi connectivity index (χ1v) is 4.93. The van der Waals surface area contributed by atoms with Crippen molar-refractivity contribution in [3.05, 3.63) is 0 Å². The summed E-state index contributed by atoms with van der Waals surface area (Å²) >= 11 is 0. The van der Waals surface area contributed by atoms with E-state index in [4.69, 9.17) is 33.8 Å². The van der Waals surface area contributed by atoms with Gasteiger partial charge in [-0.05, 0) is 6.92 Å². The molecule has 0 aromatic heterocycles. The van der Waals surface area contributed by atoms with Crippen LogP contribution in [0.4, 0.5) is 0 Å². The van der Waals surface area contributed by atoms with Crippen molar-refractivity contribution in [2.24, 2.45) is 0 Å². The maximum atomic E-state index is 8.74. The molecule has 7 nitrogen and oxygen atoms in total. The molecule has 0 heterocycles. The van der Waals surface area contributed by atoms with Gasteiger partial charge in [-0.15, -0.1) is 0 Å². The van der Waals surface area contributed by atoms with Crippen LogP contribution in [0.2, 0.25) is 0 Å². The van der Waals surface area contributed by atoms with Gasteiger partial charge in [0.25, 0.3) is 0 Å². The standard InChI is InChI=1S/C2H6O.Na.2H3O3P.H/c1-2-3;;2*1-4(2)3;/h3H,2H2,1H3;;2*4H,(H2,1,2,3);. The molecule has 74 valence electrons. The molecular weight excluding hydrogens is 221 g/mol. The average molecular weight is 234 g/mol. The molecule has 0 spiro atoms. The van der Waals surface area contributed by atoms with Crippen molar-refractivity contribution in [2.75, 3.05) is 6.61 Å². The third-order valence-electron chi connectivity index (χ3n) is 0. The van der Waals surface area contributed by atoms with Gasteiger partial charge in [0.05, 0.1) is 0 Å². The van der Waals surface area contributed by atoms with Gasteiger partial charge in [-0.25, -0.2) is 0 Å². The molecule has 0 unspecified atom stereocenters. The number of rotatable bonds is 0. The van der Waals surface area contributed by atoms with Crippen LogP contribution >= 0.6 is 16.5 Å². The number of hydrogen-bond acceptors (Lipinski definition) is 3. The summed E-state index contributed by atoms with van der Waals surface area (Å²) in [7, 11) is -6.26. The second-order valence-electron chi connectivity index (χ2n) is 0.881. The van der Waals surface area contributed by atoms with Gasteiger partial charge in [-0.2, -0.15) is 0 Å². The van der Waals surface area contributed by atoms with Crippen LogP contribution in [-0.4, -0.2) is 60.8 Å². The summed E-state index contributed by atoms with van der Waals surface area (Å²) in [6.07, 6.45) is 0. The zero-order chi connectivity index (χ0) is 9.86. The normalized spacial score (nSPS) is 7.33. The summed E-state index contributed by atoms with van der Waals surface area (Å²) in [4.78, 5) is 28.6. The molecule has 10 heteroatoms. The Morgan fingerprint density at radius 1 is 1.00 bits per heavy atom. The summed E-state index contributed by atoms with van der Waals surface area (Å²) in [6.45, 7) is 1.93. The second-order valence-corrected chi connectivity index (χ2v) is 2.01. The molecule has 0 atom stereocenters. The number of hydrogen-bond donors (Lipinski definition) is 5. The molecule has 0 aliphatic carbocycles. The van der Waals surface area contributed by atoms with E-state index in [0.29, 0.717) is 0 Å². The van der Waals surface area contributed by atoms with Crippen LogP contribution in [0.5, 0.6) is 0 Å². The van der Waals surface area contributed by atoms with E-state index in [1.807, 2.05) is 0 Å². The topological polar surface area (TPSA) is 135 Å². The Morgan fingerprint density at radius 3 is 1.00 bits per heavy atom.